The minimum atomic E-state index is -0.505. The number of unbranched alkanes of at least 4 members (excludes halogenated alkanes) is 9. The number of carbonyl (C=O) groups excluding carboxylic acids is 2. The molecular formula is C24H39NO4. The molecule has 0 N–H and O–H groups in total. The van der Waals surface area contributed by atoms with Crippen molar-refractivity contribution in [2.24, 2.45) is 5.92 Å². The molecule has 29 heavy (non-hydrogen) atoms. The summed E-state index contributed by atoms with van der Waals surface area (Å²) in [5, 5.41) is 0. The molecule has 0 bridgehead atoms. The van der Waals surface area contributed by atoms with E-state index in [4.69, 9.17) is 9.47 Å². The van der Waals surface area contributed by atoms with Gasteiger partial charge in [-0.25, -0.2) is 14.6 Å². The number of esters is 2. The number of rotatable bonds is 16. The molecule has 0 radical (unpaired) electrons. The minimum absolute atomic E-state index is 0.141. The maximum atomic E-state index is 12.1. The second-order valence-corrected chi connectivity index (χ2v) is 8.04. The Labute approximate surface area is 176 Å². The van der Waals surface area contributed by atoms with Gasteiger partial charge in [0.25, 0.3) is 0 Å². The lowest BCUT2D eigenvalue weighted by atomic mass is 10.1. The van der Waals surface area contributed by atoms with Crippen LogP contribution in [0.1, 0.15) is 112 Å². The largest absolute Gasteiger partial charge is 0.461 e. The quantitative estimate of drug-likeness (QED) is 0.236. The number of aromatic nitrogens is 1. The van der Waals surface area contributed by atoms with Crippen LogP contribution in [-0.2, 0) is 9.47 Å². The van der Waals surface area contributed by atoms with Gasteiger partial charge >= 0.3 is 11.9 Å². The van der Waals surface area contributed by atoms with Crippen LogP contribution in [0.3, 0.4) is 0 Å². The van der Waals surface area contributed by atoms with E-state index in [0.29, 0.717) is 19.1 Å². The molecule has 0 aromatic carbocycles. The van der Waals surface area contributed by atoms with E-state index in [9.17, 15) is 9.59 Å². The normalized spacial score (nSPS) is 10.9. The van der Waals surface area contributed by atoms with Crippen LogP contribution in [0.25, 0.3) is 0 Å². The monoisotopic (exact) mass is 405 g/mol. The third-order valence-electron chi connectivity index (χ3n) is 4.83. The van der Waals surface area contributed by atoms with Gasteiger partial charge in [-0.2, -0.15) is 0 Å². The van der Waals surface area contributed by atoms with E-state index in [1.165, 1.54) is 51.4 Å². The van der Waals surface area contributed by atoms with Crippen LogP contribution >= 0.6 is 0 Å². The molecule has 0 aliphatic rings. The first kappa shape index (κ1) is 25.1. The Morgan fingerprint density at radius 2 is 1.28 bits per heavy atom. The van der Waals surface area contributed by atoms with Gasteiger partial charge in [0, 0.05) is 0 Å². The lowest BCUT2D eigenvalue weighted by Gasteiger charge is -2.08. The summed E-state index contributed by atoms with van der Waals surface area (Å²) in [7, 11) is 0. The summed E-state index contributed by atoms with van der Waals surface area (Å²) in [6.07, 6.45) is 13.1. The standard InChI is InChI=1S/C24H39NO4/c1-4-5-6-7-8-9-10-11-12-13-18-28-23(26)21-15-14-16-22(25-21)24(27)29-19-17-20(2)3/h14-16,20H,4-13,17-19H2,1-3H3. The molecule has 5 heteroatoms. The van der Waals surface area contributed by atoms with Gasteiger partial charge in [0.05, 0.1) is 13.2 Å². The smallest absolute Gasteiger partial charge is 0.356 e. The van der Waals surface area contributed by atoms with Crippen LogP contribution in [0.4, 0.5) is 0 Å². The Hall–Kier alpha value is -1.91. The summed E-state index contributed by atoms with van der Waals surface area (Å²) in [4.78, 5) is 28.3. The summed E-state index contributed by atoms with van der Waals surface area (Å²) in [6.45, 7) is 7.11. The molecule has 1 aromatic rings. The molecule has 0 unspecified atom stereocenters. The highest BCUT2D eigenvalue weighted by molar-refractivity contribution is 5.91. The molecule has 0 amide bonds. The van der Waals surface area contributed by atoms with Crippen molar-refractivity contribution in [2.45, 2.75) is 91.4 Å². The molecule has 0 aliphatic carbocycles. The van der Waals surface area contributed by atoms with Crippen molar-refractivity contribution in [1.82, 2.24) is 4.98 Å². The number of pyridine rings is 1. The van der Waals surface area contributed by atoms with Crippen molar-refractivity contribution in [1.29, 1.82) is 0 Å². The molecule has 1 heterocycles. The average Bonchev–Trinajstić information content (AvgIpc) is 2.71. The molecule has 1 aromatic heterocycles. The SMILES string of the molecule is CCCCCCCCCCCCOC(=O)c1cccc(C(=O)OCCC(C)C)n1. The van der Waals surface area contributed by atoms with Gasteiger partial charge in [0.15, 0.2) is 0 Å². The Morgan fingerprint density at radius 1 is 0.793 bits per heavy atom. The van der Waals surface area contributed by atoms with Crippen molar-refractivity contribution in [3.05, 3.63) is 29.6 Å². The second-order valence-electron chi connectivity index (χ2n) is 8.04. The molecule has 164 valence electrons. The Bertz CT molecular complexity index is 586. The molecule has 0 aliphatic heterocycles. The molecular weight excluding hydrogens is 366 g/mol. The lowest BCUT2D eigenvalue weighted by Crippen LogP contribution is -2.14. The van der Waals surface area contributed by atoms with E-state index in [-0.39, 0.29) is 11.4 Å². The fourth-order valence-electron chi connectivity index (χ4n) is 2.95. The second kappa shape index (κ2) is 15.9. The van der Waals surface area contributed by atoms with Crippen LogP contribution < -0.4 is 0 Å². The van der Waals surface area contributed by atoms with Gasteiger partial charge in [0.1, 0.15) is 11.4 Å². The molecule has 0 spiro atoms. The highest BCUT2D eigenvalue weighted by Gasteiger charge is 2.14. The van der Waals surface area contributed by atoms with E-state index in [1.54, 1.807) is 18.2 Å². The lowest BCUT2D eigenvalue weighted by molar-refractivity contribution is 0.0476. The number of hydrogen-bond acceptors (Lipinski definition) is 5. The van der Waals surface area contributed by atoms with Crippen LogP contribution in [0.15, 0.2) is 18.2 Å². The first-order valence-corrected chi connectivity index (χ1v) is 11.4. The van der Waals surface area contributed by atoms with Gasteiger partial charge in [-0.1, -0.05) is 84.6 Å². The number of ether oxygens (including phenoxy) is 2. The van der Waals surface area contributed by atoms with Gasteiger partial charge in [-0.15, -0.1) is 0 Å². The van der Waals surface area contributed by atoms with Gasteiger partial charge in [0.2, 0.25) is 0 Å². The van der Waals surface area contributed by atoms with Crippen LogP contribution in [-0.4, -0.2) is 30.1 Å². The van der Waals surface area contributed by atoms with Crippen LogP contribution in [0, 0.1) is 5.92 Å². The molecule has 0 saturated heterocycles. The predicted octanol–water partition coefficient (Wildman–Crippen LogP) is 6.36. The van der Waals surface area contributed by atoms with Crippen molar-refractivity contribution in [2.75, 3.05) is 13.2 Å². The van der Waals surface area contributed by atoms with Crippen LogP contribution in [0.2, 0.25) is 0 Å². The third-order valence-corrected chi connectivity index (χ3v) is 4.83. The molecule has 0 saturated carbocycles. The van der Waals surface area contributed by atoms with Crippen molar-refractivity contribution >= 4 is 11.9 Å². The maximum Gasteiger partial charge on any atom is 0.356 e. The van der Waals surface area contributed by atoms with E-state index in [2.05, 4.69) is 25.8 Å². The summed E-state index contributed by atoms with van der Waals surface area (Å²) < 4.78 is 10.5. The first-order chi connectivity index (χ1) is 14.0. The highest BCUT2D eigenvalue weighted by Crippen LogP contribution is 2.11. The third kappa shape index (κ3) is 12.3. The highest BCUT2D eigenvalue weighted by atomic mass is 16.5. The summed E-state index contributed by atoms with van der Waals surface area (Å²) in [5.74, 6) is -0.532. The van der Waals surface area contributed by atoms with E-state index < -0.39 is 11.9 Å². The molecule has 0 fully saturated rings. The fraction of sp³-hybridized carbons (Fsp3) is 0.708. The fourth-order valence-corrected chi connectivity index (χ4v) is 2.95. The van der Waals surface area contributed by atoms with E-state index >= 15 is 0 Å². The molecule has 0 atom stereocenters. The summed E-state index contributed by atoms with van der Waals surface area (Å²) in [5.41, 5.74) is 0.289. The first-order valence-electron chi connectivity index (χ1n) is 11.4. The number of hydrogen-bond donors (Lipinski definition) is 0. The summed E-state index contributed by atoms with van der Waals surface area (Å²) in [6, 6.07) is 4.74. The molecule has 5 nitrogen and oxygen atoms in total. The predicted molar refractivity (Wildman–Crippen MR) is 116 cm³/mol. The zero-order valence-electron chi connectivity index (χ0n) is 18.6. The van der Waals surface area contributed by atoms with Crippen molar-refractivity contribution in [3.8, 4) is 0 Å². The van der Waals surface area contributed by atoms with Gasteiger partial charge < -0.3 is 9.47 Å². The summed E-state index contributed by atoms with van der Waals surface area (Å²) >= 11 is 0. The van der Waals surface area contributed by atoms with Gasteiger partial charge in [-0.05, 0) is 30.9 Å². The average molecular weight is 406 g/mol. The van der Waals surface area contributed by atoms with Gasteiger partial charge in [-0.3, -0.25) is 0 Å². The number of carbonyl (C=O) groups is 2. The minimum Gasteiger partial charge on any atom is -0.461 e. The zero-order chi connectivity index (χ0) is 21.3. The Kier molecular flexibility index (Phi) is 13.8. The Morgan fingerprint density at radius 3 is 1.79 bits per heavy atom. The molecule has 1 rings (SSSR count). The van der Waals surface area contributed by atoms with E-state index in [0.717, 1.165) is 19.3 Å². The van der Waals surface area contributed by atoms with Crippen molar-refractivity contribution in [3.63, 3.8) is 0 Å². The van der Waals surface area contributed by atoms with E-state index in [1.807, 2.05) is 0 Å². The Balaban J connectivity index is 2.19. The van der Waals surface area contributed by atoms with Crippen LogP contribution in [0.5, 0.6) is 0 Å². The number of nitrogens with zero attached hydrogens (tertiary/aromatic N) is 1. The topological polar surface area (TPSA) is 65.5 Å². The maximum absolute atomic E-state index is 12.1. The zero-order valence-corrected chi connectivity index (χ0v) is 18.6. The van der Waals surface area contributed by atoms with Crippen molar-refractivity contribution < 1.29 is 19.1 Å².